The molecule has 3 aromatic rings. The number of hydrogen-bond acceptors (Lipinski definition) is 4. The zero-order chi connectivity index (χ0) is 16.4. The molecule has 3 heterocycles. The van der Waals surface area contributed by atoms with Crippen molar-refractivity contribution < 1.29 is 9.13 Å². The Labute approximate surface area is 139 Å². The molecule has 4 rings (SSSR count). The van der Waals surface area contributed by atoms with Crippen molar-refractivity contribution in [2.75, 3.05) is 25.1 Å². The van der Waals surface area contributed by atoms with Crippen molar-refractivity contribution in [1.29, 1.82) is 0 Å². The second-order valence-electron chi connectivity index (χ2n) is 6.22. The Balaban J connectivity index is 1.63. The molecule has 0 unspecified atom stereocenters. The second-order valence-corrected chi connectivity index (χ2v) is 6.22. The molecule has 1 aromatic carbocycles. The minimum atomic E-state index is -0.209. The van der Waals surface area contributed by atoms with E-state index in [9.17, 15) is 4.39 Å². The van der Waals surface area contributed by atoms with Gasteiger partial charge >= 0.3 is 0 Å². The van der Waals surface area contributed by atoms with Crippen molar-refractivity contribution in [2.45, 2.75) is 18.3 Å². The third-order valence-electron chi connectivity index (χ3n) is 4.84. The zero-order valence-corrected chi connectivity index (χ0v) is 13.3. The maximum atomic E-state index is 13.3. The molecular formula is C18H19FN4O. The molecule has 5 nitrogen and oxygen atoms in total. The summed E-state index contributed by atoms with van der Waals surface area (Å²) in [7, 11) is 0. The van der Waals surface area contributed by atoms with Crippen LogP contribution in [0.15, 0.2) is 49.2 Å². The molecule has 1 saturated heterocycles. The molecule has 1 N–H and O–H groups in total. The number of imidazole rings is 1. The minimum Gasteiger partial charge on any atom is -0.381 e. The summed E-state index contributed by atoms with van der Waals surface area (Å²) < 4.78 is 20.8. The van der Waals surface area contributed by atoms with E-state index in [2.05, 4.69) is 15.3 Å². The lowest BCUT2D eigenvalue weighted by atomic mass is 9.74. The third-order valence-corrected chi connectivity index (χ3v) is 4.84. The van der Waals surface area contributed by atoms with Gasteiger partial charge in [0.05, 0.1) is 12.5 Å². The number of nitrogens with zero attached hydrogens (tertiary/aromatic N) is 3. The molecular weight excluding hydrogens is 307 g/mol. The molecule has 0 aliphatic carbocycles. The Hall–Kier alpha value is -2.47. The lowest BCUT2D eigenvalue weighted by Gasteiger charge is -2.38. The van der Waals surface area contributed by atoms with Crippen molar-refractivity contribution in [3.05, 3.63) is 60.6 Å². The monoisotopic (exact) mass is 326 g/mol. The molecule has 0 radical (unpaired) electrons. The number of benzene rings is 1. The first kappa shape index (κ1) is 15.1. The molecule has 2 aromatic heterocycles. The van der Waals surface area contributed by atoms with Crippen LogP contribution in [0.5, 0.6) is 0 Å². The minimum absolute atomic E-state index is 0.0829. The van der Waals surface area contributed by atoms with Gasteiger partial charge in [0, 0.05) is 37.6 Å². The average molecular weight is 326 g/mol. The van der Waals surface area contributed by atoms with E-state index >= 15 is 0 Å². The molecule has 1 fully saturated rings. The van der Waals surface area contributed by atoms with E-state index in [0.717, 1.165) is 36.3 Å². The van der Waals surface area contributed by atoms with Gasteiger partial charge in [-0.3, -0.25) is 0 Å². The average Bonchev–Trinajstić information content (AvgIpc) is 3.10. The molecule has 0 bridgehead atoms. The number of aromatic nitrogens is 3. The number of hydrogen-bond donors (Lipinski definition) is 1. The van der Waals surface area contributed by atoms with Gasteiger partial charge in [0.1, 0.15) is 11.3 Å². The zero-order valence-electron chi connectivity index (χ0n) is 13.3. The normalized spacial score (nSPS) is 17.0. The van der Waals surface area contributed by atoms with Crippen LogP contribution in [0, 0.1) is 5.82 Å². The number of anilines is 1. The molecule has 1 aliphatic rings. The maximum absolute atomic E-state index is 13.3. The Bertz CT molecular complexity index is 824. The highest BCUT2D eigenvalue weighted by Gasteiger charge is 2.34. The summed E-state index contributed by atoms with van der Waals surface area (Å²) in [5.41, 5.74) is 2.00. The fourth-order valence-corrected chi connectivity index (χ4v) is 3.37. The molecule has 0 amide bonds. The summed E-state index contributed by atoms with van der Waals surface area (Å²) in [5.74, 6) is 0.600. The van der Waals surface area contributed by atoms with Gasteiger partial charge in [-0.1, -0.05) is 12.1 Å². The quantitative estimate of drug-likeness (QED) is 0.801. The van der Waals surface area contributed by atoms with E-state index in [1.54, 1.807) is 18.7 Å². The summed E-state index contributed by atoms with van der Waals surface area (Å²) >= 11 is 0. The fraction of sp³-hybridized carbons (Fsp3) is 0.333. The Morgan fingerprint density at radius 2 is 2.00 bits per heavy atom. The molecule has 124 valence electrons. The Morgan fingerprint density at radius 1 is 1.21 bits per heavy atom. The van der Waals surface area contributed by atoms with Crippen molar-refractivity contribution in [1.82, 2.24) is 14.4 Å². The highest BCUT2D eigenvalue weighted by Crippen LogP contribution is 2.35. The van der Waals surface area contributed by atoms with E-state index < -0.39 is 0 Å². The van der Waals surface area contributed by atoms with E-state index in [1.807, 2.05) is 22.7 Å². The van der Waals surface area contributed by atoms with E-state index in [0.29, 0.717) is 13.2 Å². The number of ether oxygens (including phenoxy) is 1. The van der Waals surface area contributed by atoms with Gasteiger partial charge in [-0.25, -0.2) is 14.4 Å². The van der Waals surface area contributed by atoms with Crippen LogP contribution in [0.3, 0.4) is 0 Å². The Morgan fingerprint density at radius 3 is 2.79 bits per heavy atom. The lowest BCUT2D eigenvalue weighted by Crippen LogP contribution is -2.40. The van der Waals surface area contributed by atoms with Crippen molar-refractivity contribution >= 4 is 11.3 Å². The van der Waals surface area contributed by atoms with Crippen LogP contribution in [-0.4, -0.2) is 34.1 Å². The first-order chi connectivity index (χ1) is 11.8. The lowest BCUT2D eigenvalue weighted by molar-refractivity contribution is 0.0543. The van der Waals surface area contributed by atoms with Crippen molar-refractivity contribution in [2.24, 2.45) is 0 Å². The fourth-order valence-electron chi connectivity index (χ4n) is 3.37. The molecule has 0 spiro atoms. The van der Waals surface area contributed by atoms with Crippen LogP contribution in [-0.2, 0) is 10.2 Å². The van der Waals surface area contributed by atoms with Crippen LogP contribution in [0.25, 0.3) is 5.52 Å². The SMILES string of the molecule is Fc1ccc(C2(CNc3nccn4cncc34)CCOCC2)cc1. The van der Waals surface area contributed by atoms with Crippen molar-refractivity contribution in [3.8, 4) is 0 Å². The predicted molar refractivity (Wildman–Crippen MR) is 89.6 cm³/mol. The number of halogens is 1. The molecule has 0 saturated carbocycles. The van der Waals surface area contributed by atoms with Crippen LogP contribution < -0.4 is 5.32 Å². The number of rotatable bonds is 4. The van der Waals surface area contributed by atoms with Gasteiger partial charge in [-0.15, -0.1) is 0 Å². The predicted octanol–water partition coefficient (Wildman–Crippen LogP) is 3.03. The summed E-state index contributed by atoms with van der Waals surface area (Å²) in [6, 6.07) is 6.83. The van der Waals surface area contributed by atoms with Gasteiger partial charge in [-0.2, -0.15) is 0 Å². The van der Waals surface area contributed by atoms with Crippen LogP contribution in [0.4, 0.5) is 10.2 Å². The summed E-state index contributed by atoms with van der Waals surface area (Å²) in [6.07, 6.45) is 8.97. The third kappa shape index (κ3) is 2.73. The maximum Gasteiger partial charge on any atom is 0.152 e. The van der Waals surface area contributed by atoms with Gasteiger partial charge in [0.25, 0.3) is 0 Å². The van der Waals surface area contributed by atoms with Crippen LogP contribution >= 0.6 is 0 Å². The van der Waals surface area contributed by atoms with E-state index in [4.69, 9.17) is 4.74 Å². The topological polar surface area (TPSA) is 51.5 Å². The van der Waals surface area contributed by atoms with E-state index in [1.165, 1.54) is 12.1 Å². The molecule has 6 heteroatoms. The second kappa shape index (κ2) is 6.20. The van der Waals surface area contributed by atoms with Crippen molar-refractivity contribution in [3.63, 3.8) is 0 Å². The van der Waals surface area contributed by atoms with Gasteiger partial charge in [-0.05, 0) is 30.5 Å². The molecule has 24 heavy (non-hydrogen) atoms. The smallest absolute Gasteiger partial charge is 0.152 e. The van der Waals surface area contributed by atoms with Crippen LogP contribution in [0.2, 0.25) is 0 Å². The highest BCUT2D eigenvalue weighted by atomic mass is 19.1. The first-order valence-electron chi connectivity index (χ1n) is 8.11. The largest absolute Gasteiger partial charge is 0.381 e. The van der Waals surface area contributed by atoms with Gasteiger partial charge in [0.2, 0.25) is 0 Å². The number of fused-ring (bicyclic) bond motifs is 1. The summed E-state index contributed by atoms with van der Waals surface area (Å²) in [5, 5.41) is 3.48. The highest BCUT2D eigenvalue weighted by molar-refractivity contribution is 5.66. The van der Waals surface area contributed by atoms with Crippen LogP contribution in [0.1, 0.15) is 18.4 Å². The standard InChI is InChI=1S/C18H19FN4O/c19-15-3-1-14(2-4-15)18(5-9-24-10-6-18)12-22-17-16-11-20-13-23(16)8-7-21-17/h1-4,7-8,11,13H,5-6,9-10,12H2,(H,21,22). The molecule has 0 atom stereocenters. The number of nitrogens with one attached hydrogen (secondary N) is 1. The summed E-state index contributed by atoms with van der Waals surface area (Å²) in [4.78, 5) is 8.60. The van der Waals surface area contributed by atoms with E-state index in [-0.39, 0.29) is 11.2 Å². The first-order valence-corrected chi connectivity index (χ1v) is 8.11. The Kier molecular flexibility index (Phi) is 3.90. The van der Waals surface area contributed by atoms with Gasteiger partial charge < -0.3 is 14.5 Å². The molecule has 1 aliphatic heterocycles. The summed E-state index contributed by atoms with van der Waals surface area (Å²) in [6.45, 7) is 2.15. The van der Waals surface area contributed by atoms with Gasteiger partial charge in [0.15, 0.2) is 5.82 Å².